The molecule has 1 amide bonds. The third-order valence-electron chi connectivity index (χ3n) is 4.04. The van der Waals surface area contributed by atoms with Gasteiger partial charge in [-0.1, -0.05) is 41.9 Å². The number of methoxy groups -OCH3 is 1. The van der Waals surface area contributed by atoms with E-state index >= 15 is 0 Å². The SMILES string of the molecule is COc1ccc(Nc2cc(C(=O)N(C)Cc3ccccc3)ccn2)cc1Cl. The molecule has 0 unspecified atom stereocenters. The highest BCUT2D eigenvalue weighted by Crippen LogP contribution is 2.28. The van der Waals surface area contributed by atoms with Crippen molar-refractivity contribution < 1.29 is 9.53 Å². The molecular weight excluding hydrogens is 362 g/mol. The molecule has 6 heteroatoms. The second kappa shape index (κ2) is 8.56. The monoisotopic (exact) mass is 381 g/mol. The molecule has 0 bridgehead atoms. The Hall–Kier alpha value is -3.05. The Labute approximate surface area is 163 Å². The highest BCUT2D eigenvalue weighted by Gasteiger charge is 2.13. The number of anilines is 2. The average molecular weight is 382 g/mol. The quantitative estimate of drug-likeness (QED) is 0.668. The van der Waals surface area contributed by atoms with Crippen LogP contribution >= 0.6 is 11.6 Å². The van der Waals surface area contributed by atoms with E-state index in [9.17, 15) is 4.79 Å². The summed E-state index contributed by atoms with van der Waals surface area (Å²) in [5.74, 6) is 1.09. The Morgan fingerprint density at radius 3 is 2.63 bits per heavy atom. The molecule has 0 aliphatic heterocycles. The van der Waals surface area contributed by atoms with Gasteiger partial charge >= 0.3 is 0 Å². The van der Waals surface area contributed by atoms with E-state index < -0.39 is 0 Å². The summed E-state index contributed by atoms with van der Waals surface area (Å²) in [6.45, 7) is 0.541. The molecule has 138 valence electrons. The minimum Gasteiger partial charge on any atom is -0.495 e. The van der Waals surface area contributed by atoms with Crippen molar-refractivity contribution in [2.24, 2.45) is 0 Å². The first kappa shape index (κ1) is 18.7. The summed E-state index contributed by atoms with van der Waals surface area (Å²) in [5.41, 5.74) is 2.40. The molecule has 0 saturated carbocycles. The number of hydrogen-bond donors (Lipinski definition) is 1. The van der Waals surface area contributed by atoms with E-state index in [2.05, 4.69) is 10.3 Å². The number of benzene rings is 2. The summed E-state index contributed by atoms with van der Waals surface area (Å²) in [4.78, 5) is 18.7. The van der Waals surface area contributed by atoms with Crippen molar-refractivity contribution in [2.45, 2.75) is 6.54 Å². The minimum atomic E-state index is -0.0722. The van der Waals surface area contributed by atoms with Gasteiger partial charge < -0.3 is 15.0 Å². The van der Waals surface area contributed by atoms with Crippen LogP contribution in [0.1, 0.15) is 15.9 Å². The lowest BCUT2D eigenvalue weighted by molar-refractivity contribution is 0.0785. The molecule has 2 aromatic carbocycles. The zero-order valence-corrected chi connectivity index (χ0v) is 15.9. The van der Waals surface area contributed by atoms with Gasteiger partial charge in [0.25, 0.3) is 5.91 Å². The first-order valence-electron chi connectivity index (χ1n) is 8.43. The molecule has 27 heavy (non-hydrogen) atoms. The minimum absolute atomic E-state index is 0.0722. The van der Waals surface area contributed by atoms with E-state index in [1.165, 1.54) is 0 Å². The molecule has 0 spiro atoms. The first-order chi connectivity index (χ1) is 13.1. The van der Waals surface area contributed by atoms with Gasteiger partial charge in [-0.2, -0.15) is 0 Å². The van der Waals surface area contributed by atoms with Crippen molar-refractivity contribution >= 4 is 29.0 Å². The molecule has 1 aromatic heterocycles. The number of hydrogen-bond acceptors (Lipinski definition) is 4. The van der Waals surface area contributed by atoms with Gasteiger partial charge in [-0.3, -0.25) is 4.79 Å². The largest absolute Gasteiger partial charge is 0.495 e. The highest BCUT2D eigenvalue weighted by atomic mass is 35.5. The number of aromatic nitrogens is 1. The van der Waals surface area contributed by atoms with Crippen molar-refractivity contribution in [3.05, 3.63) is 83.0 Å². The lowest BCUT2D eigenvalue weighted by Gasteiger charge is -2.18. The maximum Gasteiger partial charge on any atom is 0.254 e. The molecule has 0 radical (unpaired) electrons. The van der Waals surface area contributed by atoms with Gasteiger partial charge in [0.1, 0.15) is 11.6 Å². The van der Waals surface area contributed by atoms with Crippen LogP contribution in [0.4, 0.5) is 11.5 Å². The van der Waals surface area contributed by atoms with Gasteiger partial charge in [-0.15, -0.1) is 0 Å². The van der Waals surface area contributed by atoms with Crippen LogP contribution in [-0.2, 0) is 6.54 Å². The first-order valence-corrected chi connectivity index (χ1v) is 8.80. The molecule has 0 saturated heterocycles. The number of halogens is 1. The number of carbonyl (C=O) groups is 1. The molecule has 3 aromatic rings. The zero-order valence-electron chi connectivity index (χ0n) is 15.1. The van der Waals surface area contributed by atoms with E-state index in [1.807, 2.05) is 36.4 Å². The lowest BCUT2D eigenvalue weighted by Crippen LogP contribution is -2.26. The number of pyridine rings is 1. The fourth-order valence-electron chi connectivity index (χ4n) is 2.67. The van der Waals surface area contributed by atoms with Gasteiger partial charge in [0, 0.05) is 31.0 Å². The van der Waals surface area contributed by atoms with Crippen LogP contribution in [0.3, 0.4) is 0 Å². The van der Waals surface area contributed by atoms with E-state index in [-0.39, 0.29) is 5.91 Å². The second-order valence-corrected chi connectivity index (χ2v) is 6.46. The summed E-state index contributed by atoms with van der Waals surface area (Å²) in [7, 11) is 3.35. The van der Waals surface area contributed by atoms with Crippen molar-refractivity contribution in [2.75, 3.05) is 19.5 Å². The van der Waals surface area contributed by atoms with Crippen LogP contribution < -0.4 is 10.1 Å². The van der Waals surface area contributed by atoms with E-state index in [0.717, 1.165) is 11.3 Å². The molecule has 3 rings (SSSR count). The zero-order chi connectivity index (χ0) is 19.2. The normalized spacial score (nSPS) is 10.3. The summed E-state index contributed by atoms with van der Waals surface area (Å²) >= 11 is 6.15. The van der Waals surface area contributed by atoms with Gasteiger partial charge in [0.2, 0.25) is 0 Å². The average Bonchev–Trinajstić information content (AvgIpc) is 2.68. The molecule has 1 heterocycles. The number of rotatable bonds is 6. The third kappa shape index (κ3) is 4.77. The summed E-state index contributed by atoms with van der Waals surface area (Å²) in [6, 6.07) is 18.7. The fraction of sp³-hybridized carbons (Fsp3) is 0.143. The third-order valence-corrected chi connectivity index (χ3v) is 4.34. The molecule has 0 aliphatic rings. The summed E-state index contributed by atoms with van der Waals surface area (Å²) in [5, 5.41) is 3.66. The van der Waals surface area contributed by atoms with Crippen LogP contribution in [0.15, 0.2) is 66.9 Å². The maximum absolute atomic E-state index is 12.7. The van der Waals surface area contributed by atoms with Gasteiger partial charge in [0.15, 0.2) is 0 Å². The number of nitrogens with zero attached hydrogens (tertiary/aromatic N) is 2. The standard InChI is InChI=1S/C21H20ClN3O2/c1-25(14-15-6-4-3-5-7-15)21(26)16-10-11-23-20(12-16)24-17-8-9-19(27-2)18(22)13-17/h3-13H,14H2,1-2H3,(H,23,24). The van der Waals surface area contributed by atoms with Crippen molar-refractivity contribution in [3.8, 4) is 5.75 Å². The van der Waals surface area contributed by atoms with E-state index in [0.29, 0.717) is 28.7 Å². The number of amides is 1. The summed E-state index contributed by atoms with van der Waals surface area (Å²) < 4.78 is 5.15. The topological polar surface area (TPSA) is 54.5 Å². The Balaban J connectivity index is 1.72. The van der Waals surface area contributed by atoms with Crippen molar-refractivity contribution in [1.82, 2.24) is 9.88 Å². The summed E-state index contributed by atoms with van der Waals surface area (Å²) in [6.07, 6.45) is 1.61. The van der Waals surface area contributed by atoms with Crippen LogP contribution in [0, 0.1) is 0 Å². The maximum atomic E-state index is 12.7. The molecule has 0 atom stereocenters. The Bertz CT molecular complexity index is 932. The number of carbonyl (C=O) groups excluding carboxylic acids is 1. The predicted molar refractivity (Wildman–Crippen MR) is 108 cm³/mol. The number of ether oxygens (including phenoxy) is 1. The lowest BCUT2D eigenvalue weighted by atomic mass is 10.2. The molecule has 5 nitrogen and oxygen atoms in total. The van der Waals surface area contributed by atoms with Crippen LogP contribution in [-0.4, -0.2) is 29.9 Å². The van der Waals surface area contributed by atoms with Gasteiger partial charge in [-0.25, -0.2) is 4.98 Å². The molecule has 0 aliphatic carbocycles. The number of nitrogens with one attached hydrogen (secondary N) is 1. The fourth-order valence-corrected chi connectivity index (χ4v) is 2.93. The van der Waals surface area contributed by atoms with Crippen molar-refractivity contribution in [1.29, 1.82) is 0 Å². The Morgan fingerprint density at radius 1 is 1.15 bits per heavy atom. The second-order valence-electron chi connectivity index (χ2n) is 6.05. The highest BCUT2D eigenvalue weighted by molar-refractivity contribution is 6.32. The van der Waals surface area contributed by atoms with Gasteiger partial charge in [0.05, 0.1) is 12.1 Å². The molecule has 0 fully saturated rings. The van der Waals surface area contributed by atoms with E-state index in [1.54, 1.807) is 49.5 Å². The van der Waals surface area contributed by atoms with Crippen molar-refractivity contribution in [3.63, 3.8) is 0 Å². The Kier molecular flexibility index (Phi) is 5.94. The molecular formula is C21H20ClN3O2. The predicted octanol–water partition coefficient (Wildman–Crippen LogP) is 4.76. The van der Waals surface area contributed by atoms with E-state index in [4.69, 9.17) is 16.3 Å². The van der Waals surface area contributed by atoms with Gasteiger partial charge in [-0.05, 0) is 35.9 Å². The van der Waals surface area contributed by atoms with Crippen LogP contribution in [0.25, 0.3) is 0 Å². The Morgan fingerprint density at radius 2 is 1.93 bits per heavy atom. The smallest absolute Gasteiger partial charge is 0.254 e. The van der Waals surface area contributed by atoms with Crippen LogP contribution in [0.2, 0.25) is 5.02 Å². The molecule has 1 N–H and O–H groups in total. The van der Waals surface area contributed by atoms with Crippen LogP contribution in [0.5, 0.6) is 5.75 Å².